The van der Waals surface area contributed by atoms with Crippen LogP contribution >= 0.6 is 0 Å². The van der Waals surface area contributed by atoms with Crippen LogP contribution in [0.15, 0.2) is 81.7 Å². The summed E-state index contributed by atoms with van der Waals surface area (Å²) in [6.45, 7) is 0. The molecule has 0 saturated heterocycles. The van der Waals surface area contributed by atoms with Gasteiger partial charge in [-0.1, -0.05) is 18.2 Å². The smallest absolute Gasteiger partial charge is 0.336 e. The maximum Gasteiger partial charge on any atom is 0.336 e. The molecule has 1 amide bonds. The summed E-state index contributed by atoms with van der Waals surface area (Å²) in [5.74, 6) is 0.406. The molecule has 0 spiro atoms. The normalized spacial score (nSPS) is 12.7. The summed E-state index contributed by atoms with van der Waals surface area (Å²) in [4.78, 5) is 23.9. The van der Waals surface area contributed by atoms with E-state index in [9.17, 15) is 9.59 Å². The topological polar surface area (TPSA) is 68.5 Å². The van der Waals surface area contributed by atoms with Gasteiger partial charge in [-0.05, 0) is 36.4 Å². The molecule has 1 N–H and O–H groups in total. The summed E-state index contributed by atoms with van der Waals surface area (Å²) in [5.41, 5.74) is 1.81. The molecule has 0 unspecified atom stereocenters. The Kier molecular flexibility index (Phi) is 3.67. The number of hydrogen-bond acceptors (Lipinski definition) is 4. The van der Waals surface area contributed by atoms with E-state index < -0.39 is 5.63 Å². The highest BCUT2D eigenvalue weighted by Crippen LogP contribution is 2.25. The fraction of sp³-hybridized carbons (Fsp3) is 0. The number of anilines is 1. The maximum absolute atomic E-state index is 12.6. The van der Waals surface area contributed by atoms with Gasteiger partial charge in [-0.3, -0.25) is 4.79 Å². The highest BCUT2D eigenvalue weighted by atomic mass is 16.5. The van der Waals surface area contributed by atoms with Gasteiger partial charge < -0.3 is 14.5 Å². The van der Waals surface area contributed by atoms with Crippen molar-refractivity contribution in [2.24, 2.45) is 0 Å². The zero-order chi connectivity index (χ0) is 17.2. The number of carbonyl (C=O) groups excluding carboxylic acids is 1. The third kappa shape index (κ3) is 3.07. The monoisotopic (exact) mass is 331 g/mol. The largest absolute Gasteiger partial charge is 0.464 e. The maximum atomic E-state index is 12.6. The van der Waals surface area contributed by atoms with Gasteiger partial charge in [0.25, 0.3) is 5.91 Å². The molecule has 0 bridgehead atoms. The predicted molar refractivity (Wildman–Crippen MR) is 95.3 cm³/mol. The van der Waals surface area contributed by atoms with Gasteiger partial charge in [0.05, 0.1) is 6.26 Å². The molecule has 5 nitrogen and oxygen atoms in total. The zero-order valence-corrected chi connectivity index (χ0v) is 13.1. The van der Waals surface area contributed by atoms with Gasteiger partial charge in [0, 0.05) is 34.3 Å². The molecular weight excluding hydrogens is 318 g/mol. The van der Waals surface area contributed by atoms with Gasteiger partial charge in [0.2, 0.25) is 0 Å². The summed E-state index contributed by atoms with van der Waals surface area (Å²) in [7, 11) is 0. The molecule has 1 aliphatic heterocycles. The molecule has 0 saturated carbocycles. The van der Waals surface area contributed by atoms with Crippen LogP contribution in [0.4, 0.5) is 5.69 Å². The Morgan fingerprint density at radius 2 is 1.84 bits per heavy atom. The van der Waals surface area contributed by atoms with E-state index in [1.165, 1.54) is 12.3 Å². The van der Waals surface area contributed by atoms with Crippen LogP contribution in [0.2, 0.25) is 0 Å². The molecule has 4 rings (SSSR count). The Bertz CT molecular complexity index is 1090. The van der Waals surface area contributed by atoms with E-state index in [1.54, 1.807) is 36.4 Å². The lowest BCUT2D eigenvalue weighted by atomic mass is 10.1. The first-order valence-corrected chi connectivity index (χ1v) is 7.68. The van der Waals surface area contributed by atoms with Crippen LogP contribution in [0, 0.1) is 0 Å². The Morgan fingerprint density at radius 3 is 2.76 bits per heavy atom. The zero-order valence-electron chi connectivity index (χ0n) is 13.1. The average molecular weight is 331 g/mol. The molecule has 0 radical (unpaired) electrons. The fourth-order valence-electron chi connectivity index (χ4n) is 2.59. The van der Waals surface area contributed by atoms with Crippen molar-refractivity contribution in [1.29, 1.82) is 0 Å². The lowest BCUT2D eigenvalue weighted by Crippen LogP contribution is -2.13. The minimum atomic E-state index is -0.431. The van der Waals surface area contributed by atoms with Crippen molar-refractivity contribution < 1.29 is 13.9 Å². The van der Waals surface area contributed by atoms with Crippen molar-refractivity contribution in [3.63, 3.8) is 0 Å². The first kappa shape index (κ1) is 15.0. The summed E-state index contributed by atoms with van der Waals surface area (Å²) in [6.07, 6.45) is 4.85. The molecule has 0 fully saturated rings. The lowest BCUT2D eigenvalue weighted by Gasteiger charge is -2.06. The van der Waals surface area contributed by atoms with E-state index in [2.05, 4.69) is 5.32 Å². The number of amides is 1. The summed E-state index contributed by atoms with van der Waals surface area (Å²) in [5, 5.41) is 3.59. The van der Waals surface area contributed by atoms with Crippen LogP contribution in [-0.2, 0) is 4.79 Å². The van der Waals surface area contributed by atoms with E-state index >= 15 is 0 Å². The number of benzene rings is 2. The highest BCUT2D eigenvalue weighted by Gasteiger charge is 2.12. The number of nitrogens with one attached hydrogen (secondary N) is 1. The van der Waals surface area contributed by atoms with Crippen molar-refractivity contribution in [3.05, 3.63) is 88.5 Å². The molecule has 122 valence electrons. The number of carbonyl (C=O) groups is 1. The van der Waals surface area contributed by atoms with Gasteiger partial charge >= 0.3 is 5.63 Å². The van der Waals surface area contributed by atoms with Crippen molar-refractivity contribution in [2.75, 3.05) is 5.32 Å². The van der Waals surface area contributed by atoms with Gasteiger partial charge in [-0.2, -0.15) is 0 Å². The van der Waals surface area contributed by atoms with Gasteiger partial charge in [-0.15, -0.1) is 0 Å². The second-order valence-electron chi connectivity index (χ2n) is 5.52. The second kappa shape index (κ2) is 6.13. The number of rotatable bonds is 2. The Morgan fingerprint density at radius 1 is 1.00 bits per heavy atom. The van der Waals surface area contributed by atoms with Crippen LogP contribution in [0.3, 0.4) is 0 Å². The number of ether oxygens (including phenoxy) is 1. The third-order valence-electron chi connectivity index (χ3n) is 3.82. The molecule has 5 heteroatoms. The third-order valence-corrected chi connectivity index (χ3v) is 3.82. The van der Waals surface area contributed by atoms with Gasteiger partial charge in [-0.25, -0.2) is 4.79 Å². The summed E-state index contributed by atoms with van der Waals surface area (Å²) in [6, 6.07) is 15.7. The molecule has 25 heavy (non-hydrogen) atoms. The average Bonchev–Trinajstić information content (AvgIpc) is 2.84. The molecule has 1 aliphatic rings. The van der Waals surface area contributed by atoms with Crippen molar-refractivity contribution in [3.8, 4) is 5.75 Å². The molecule has 2 aromatic carbocycles. The van der Waals surface area contributed by atoms with Crippen LogP contribution < -0.4 is 15.7 Å². The molecular formula is C20H13NO4. The SMILES string of the molecule is O=C(Nc1ccc2ccc(=O)oc2c1)C1=Cc2ccccc2OC=C1. The van der Waals surface area contributed by atoms with E-state index in [0.29, 0.717) is 22.6 Å². The number of fused-ring (bicyclic) bond motifs is 2. The van der Waals surface area contributed by atoms with Crippen molar-refractivity contribution >= 4 is 28.6 Å². The van der Waals surface area contributed by atoms with Crippen LogP contribution in [0.5, 0.6) is 5.75 Å². The Hall–Kier alpha value is -3.60. The minimum absolute atomic E-state index is 0.283. The quantitative estimate of drug-likeness (QED) is 0.727. The summed E-state index contributed by atoms with van der Waals surface area (Å²) < 4.78 is 10.6. The molecule has 0 atom stereocenters. The van der Waals surface area contributed by atoms with Crippen molar-refractivity contribution in [1.82, 2.24) is 0 Å². The number of hydrogen-bond donors (Lipinski definition) is 1. The summed E-state index contributed by atoms with van der Waals surface area (Å²) >= 11 is 0. The first-order chi connectivity index (χ1) is 12.2. The molecule has 3 aromatic rings. The van der Waals surface area contributed by atoms with Crippen LogP contribution in [0.25, 0.3) is 17.0 Å². The minimum Gasteiger partial charge on any atom is -0.464 e. The second-order valence-corrected chi connectivity index (χ2v) is 5.52. The van der Waals surface area contributed by atoms with Crippen LogP contribution in [-0.4, -0.2) is 5.91 Å². The van der Waals surface area contributed by atoms with E-state index in [1.807, 2.05) is 24.3 Å². The fourth-order valence-corrected chi connectivity index (χ4v) is 2.59. The molecule has 2 heterocycles. The van der Waals surface area contributed by atoms with Crippen LogP contribution in [0.1, 0.15) is 5.56 Å². The highest BCUT2D eigenvalue weighted by molar-refractivity contribution is 6.09. The molecule has 1 aromatic heterocycles. The number of para-hydroxylation sites is 1. The van der Waals surface area contributed by atoms with Gasteiger partial charge in [0.15, 0.2) is 0 Å². The van der Waals surface area contributed by atoms with E-state index in [-0.39, 0.29) is 5.91 Å². The Balaban J connectivity index is 1.64. The Labute approximate surface area is 142 Å². The standard InChI is InChI=1S/C20H13NO4/c22-19-8-6-13-5-7-16(12-18(13)25-19)21-20(23)15-9-10-24-17-4-2-1-3-14(17)11-15/h1-12H,(H,21,23). The van der Waals surface area contributed by atoms with E-state index in [4.69, 9.17) is 9.15 Å². The van der Waals surface area contributed by atoms with Gasteiger partial charge in [0.1, 0.15) is 11.3 Å². The first-order valence-electron chi connectivity index (χ1n) is 7.68. The van der Waals surface area contributed by atoms with Crippen molar-refractivity contribution in [2.45, 2.75) is 0 Å². The lowest BCUT2D eigenvalue weighted by molar-refractivity contribution is -0.112. The molecule has 0 aliphatic carbocycles. The predicted octanol–water partition coefficient (Wildman–Crippen LogP) is 3.72. The van der Waals surface area contributed by atoms with E-state index in [0.717, 1.165) is 10.9 Å².